The molecule has 0 saturated heterocycles. The Labute approximate surface area is 111 Å². The number of hydrogen-bond acceptors (Lipinski definition) is 2. The first kappa shape index (κ1) is 16.3. The molecule has 87 valence electrons. The molecule has 0 saturated carbocycles. The van der Waals surface area contributed by atoms with E-state index in [0.29, 0.717) is 0 Å². The molecule has 0 aliphatic rings. The van der Waals surface area contributed by atoms with Crippen LogP contribution in [0.5, 0.6) is 0 Å². The zero-order valence-electron chi connectivity index (χ0n) is 9.14. The minimum Gasteiger partial charge on any atom is -0.384 e. The summed E-state index contributed by atoms with van der Waals surface area (Å²) < 4.78 is 0. The van der Waals surface area contributed by atoms with Gasteiger partial charge in [0.15, 0.2) is 0 Å². The largest absolute Gasteiger partial charge is 0.384 e. The Balaban J connectivity index is 0. The summed E-state index contributed by atoms with van der Waals surface area (Å²) in [5, 5.41) is 9.90. The van der Waals surface area contributed by atoms with E-state index in [1.165, 1.54) is 0 Å². The molecular weight excluding hydrogens is 325 g/mol. The van der Waals surface area contributed by atoms with Crippen LogP contribution in [0.25, 0.3) is 0 Å². The quantitative estimate of drug-likeness (QED) is 0.779. The summed E-state index contributed by atoms with van der Waals surface area (Å²) in [6, 6.07) is 0.272. The average molecular weight is 346 g/mol. The van der Waals surface area contributed by atoms with Gasteiger partial charge < -0.3 is 5.11 Å². The maximum absolute atomic E-state index is 9.90. The van der Waals surface area contributed by atoms with Gasteiger partial charge in [-0.3, -0.25) is 4.99 Å². The number of aliphatic imine (C=N–C) groups is 1. The minimum absolute atomic E-state index is 0. The predicted molar refractivity (Wildman–Crippen MR) is 53.8 cm³/mol. The van der Waals surface area contributed by atoms with Crippen LogP contribution in [0.1, 0.15) is 47.5 Å². The van der Waals surface area contributed by atoms with Gasteiger partial charge in [-0.2, -0.15) is 0 Å². The monoisotopic (exact) mass is 346 g/mol. The van der Waals surface area contributed by atoms with Crippen molar-refractivity contribution in [1.82, 2.24) is 0 Å². The van der Waals surface area contributed by atoms with E-state index in [0.717, 1.165) is 18.6 Å². The SMILES string of the molecule is CCCC(C)(O)C(C)=NC(C)C.[Lu]. The van der Waals surface area contributed by atoms with Crippen LogP contribution in [0, 0.1) is 36.9 Å². The Morgan fingerprint density at radius 1 is 1.46 bits per heavy atom. The third kappa shape index (κ3) is 6.87. The molecule has 0 aliphatic heterocycles. The summed E-state index contributed by atoms with van der Waals surface area (Å²) in [7, 11) is 0. The summed E-state index contributed by atoms with van der Waals surface area (Å²) in [5.74, 6) is 0. The molecule has 0 aromatic heterocycles. The van der Waals surface area contributed by atoms with E-state index in [1.54, 1.807) is 0 Å². The van der Waals surface area contributed by atoms with Crippen molar-refractivity contribution in [1.29, 1.82) is 0 Å². The van der Waals surface area contributed by atoms with Crippen molar-refractivity contribution in [3.05, 3.63) is 0 Å². The Kier molecular flexibility index (Phi) is 9.02. The van der Waals surface area contributed by atoms with Crippen molar-refractivity contribution in [3.63, 3.8) is 0 Å². The Morgan fingerprint density at radius 2 is 1.92 bits per heavy atom. The molecule has 0 aliphatic carbocycles. The van der Waals surface area contributed by atoms with Crippen molar-refractivity contribution in [2.45, 2.75) is 59.1 Å². The molecule has 0 aromatic carbocycles. The first-order valence-electron chi connectivity index (χ1n) is 4.67. The van der Waals surface area contributed by atoms with E-state index < -0.39 is 5.60 Å². The van der Waals surface area contributed by atoms with Gasteiger partial charge >= 0.3 is 0 Å². The fourth-order valence-electron chi connectivity index (χ4n) is 1.19. The molecule has 1 atom stereocenters. The second-order valence-electron chi connectivity index (χ2n) is 3.83. The molecule has 1 radical (unpaired) electrons. The van der Waals surface area contributed by atoms with Crippen LogP contribution in [-0.4, -0.2) is 22.5 Å². The Bertz CT molecular complexity index is 164. The van der Waals surface area contributed by atoms with Crippen molar-refractivity contribution in [2.75, 3.05) is 0 Å². The van der Waals surface area contributed by atoms with E-state index >= 15 is 0 Å². The van der Waals surface area contributed by atoms with Crippen LogP contribution in [0.2, 0.25) is 0 Å². The maximum Gasteiger partial charge on any atom is 0.0991 e. The zero-order chi connectivity index (χ0) is 9.78. The number of hydrogen-bond donors (Lipinski definition) is 1. The van der Waals surface area contributed by atoms with Crippen molar-refractivity contribution >= 4 is 5.71 Å². The molecule has 0 amide bonds. The fourth-order valence-corrected chi connectivity index (χ4v) is 1.19. The Morgan fingerprint density at radius 3 is 2.23 bits per heavy atom. The second-order valence-corrected chi connectivity index (χ2v) is 3.83. The summed E-state index contributed by atoms with van der Waals surface area (Å²) in [6.45, 7) is 9.83. The van der Waals surface area contributed by atoms with E-state index in [2.05, 4.69) is 11.9 Å². The summed E-state index contributed by atoms with van der Waals surface area (Å²) in [6.07, 6.45) is 1.77. The molecule has 1 unspecified atom stereocenters. The molecule has 0 aromatic rings. The molecule has 0 heterocycles. The van der Waals surface area contributed by atoms with Gasteiger partial charge in [-0.25, -0.2) is 0 Å². The van der Waals surface area contributed by atoms with E-state index in [1.807, 2.05) is 27.7 Å². The van der Waals surface area contributed by atoms with Crippen LogP contribution in [0.3, 0.4) is 0 Å². The van der Waals surface area contributed by atoms with Crippen molar-refractivity contribution in [3.8, 4) is 0 Å². The van der Waals surface area contributed by atoms with Gasteiger partial charge in [0.05, 0.1) is 5.60 Å². The van der Waals surface area contributed by atoms with Gasteiger partial charge in [-0.1, -0.05) is 13.3 Å². The summed E-state index contributed by atoms with van der Waals surface area (Å²) in [4.78, 5) is 4.33. The van der Waals surface area contributed by atoms with Crippen molar-refractivity contribution < 1.29 is 42.0 Å². The molecular formula is C10H21LuNO. The van der Waals surface area contributed by atoms with Crippen LogP contribution in [0.4, 0.5) is 0 Å². The molecule has 0 spiro atoms. The topological polar surface area (TPSA) is 32.6 Å². The smallest absolute Gasteiger partial charge is 0.0991 e. The van der Waals surface area contributed by atoms with Crippen LogP contribution in [0.15, 0.2) is 4.99 Å². The van der Waals surface area contributed by atoms with Gasteiger partial charge in [-0.05, 0) is 34.1 Å². The van der Waals surface area contributed by atoms with Crippen LogP contribution >= 0.6 is 0 Å². The van der Waals surface area contributed by atoms with Crippen LogP contribution < -0.4 is 0 Å². The van der Waals surface area contributed by atoms with E-state index in [-0.39, 0.29) is 42.9 Å². The van der Waals surface area contributed by atoms with Crippen LogP contribution in [-0.2, 0) is 0 Å². The number of aliphatic hydroxyl groups is 1. The number of rotatable bonds is 4. The maximum atomic E-state index is 9.90. The molecule has 13 heavy (non-hydrogen) atoms. The van der Waals surface area contributed by atoms with Crippen molar-refractivity contribution in [2.24, 2.45) is 4.99 Å². The third-order valence-electron chi connectivity index (χ3n) is 1.97. The van der Waals surface area contributed by atoms with Gasteiger partial charge in [0, 0.05) is 48.6 Å². The molecule has 2 nitrogen and oxygen atoms in total. The average Bonchev–Trinajstić information content (AvgIpc) is 1.85. The fraction of sp³-hybridized carbons (Fsp3) is 0.900. The predicted octanol–water partition coefficient (Wildman–Crippen LogP) is 2.41. The zero-order valence-corrected chi connectivity index (χ0v) is 10.8. The first-order chi connectivity index (χ1) is 5.40. The van der Waals surface area contributed by atoms with E-state index in [9.17, 15) is 5.11 Å². The minimum atomic E-state index is -0.709. The molecule has 0 bridgehead atoms. The van der Waals surface area contributed by atoms with Gasteiger partial charge in [-0.15, -0.1) is 0 Å². The summed E-state index contributed by atoms with van der Waals surface area (Å²) >= 11 is 0. The standard InChI is InChI=1S/C10H21NO.Lu/c1-6-7-10(5,12)9(4)11-8(2)3;/h8,12H,6-7H2,1-5H3;. The first-order valence-corrected chi connectivity index (χ1v) is 4.67. The van der Waals surface area contributed by atoms with Gasteiger partial charge in [0.1, 0.15) is 0 Å². The molecule has 0 rings (SSSR count). The second kappa shape index (κ2) is 7.19. The van der Waals surface area contributed by atoms with Gasteiger partial charge in [0.2, 0.25) is 0 Å². The molecule has 1 N–H and O–H groups in total. The van der Waals surface area contributed by atoms with Gasteiger partial charge in [0.25, 0.3) is 0 Å². The van der Waals surface area contributed by atoms with E-state index in [4.69, 9.17) is 0 Å². The summed E-state index contributed by atoms with van der Waals surface area (Å²) in [5.41, 5.74) is 0.137. The number of nitrogens with zero attached hydrogens (tertiary/aromatic N) is 1. The third-order valence-corrected chi connectivity index (χ3v) is 1.97. The Hall–Kier alpha value is 0.864. The molecule has 3 heteroatoms. The normalized spacial score (nSPS) is 16.7. The molecule has 0 fully saturated rings.